The number of anilines is 1. The van der Waals surface area contributed by atoms with Gasteiger partial charge in [0.2, 0.25) is 5.91 Å². The third-order valence-electron chi connectivity index (χ3n) is 5.23. The Balaban J connectivity index is 1.64. The minimum atomic E-state index is -0.0822. The first-order valence-corrected chi connectivity index (χ1v) is 10.3. The monoisotopic (exact) mass is 385 g/mol. The highest BCUT2D eigenvalue weighted by atomic mass is 32.1. The molecule has 2 aromatic rings. The number of nitriles is 1. The lowest BCUT2D eigenvalue weighted by molar-refractivity contribution is -0.117. The molecule has 0 fully saturated rings. The van der Waals surface area contributed by atoms with Gasteiger partial charge in [-0.05, 0) is 51.6 Å². The molecular formula is C20H27N5OS. The van der Waals surface area contributed by atoms with Gasteiger partial charge in [0.25, 0.3) is 0 Å². The molecule has 1 aliphatic rings. The highest BCUT2D eigenvalue weighted by Gasteiger charge is 2.24. The zero-order chi connectivity index (χ0) is 19.6. The number of likely N-dealkylation sites (N-methyl/N-ethyl adjacent to an activating group) is 1. The second kappa shape index (κ2) is 8.24. The molecule has 2 heterocycles. The third kappa shape index (κ3) is 4.23. The molecule has 3 rings (SSSR count). The molecule has 1 atom stereocenters. The predicted molar refractivity (Wildman–Crippen MR) is 108 cm³/mol. The fourth-order valence-corrected chi connectivity index (χ4v) is 5.05. The number of fused-ring (bicyclic) bond motifs is 1. The summed E-state index contributed by atoms with van der Waals surface area (Å²) in [6.45, 7) is 8.15. The van der Waals surface area contributed by atoms with Gasteiger partial charge in [-0.15, -0.1) is 11.3 Å². The largest absolute Gasteiger partial charge is 0.315 e. The lowest BCUT2D eigenvalue weighted by Crippen LogP contribution is -2.30. The summed E-state index contributed by atoms with van der Waals surface area (Å²) < 4.78 is 1.96. The van der Waals surface area contributed by atoms with Crippen molar-refractivity contribution in [3.8, 4) is 6.07 Å². The van der Waals surface area contributed by atoms with Gasteiger partial charge in [0.15, 0.2) is 0 Å². The van der Waals surface area contributed by atoms with Crippen molar-refractivity contribution in [3.63, 3.8) is 0 Å². The highest BCUT2D eigenvalue weighted by Crippen LogP contribution is 2.39. The van der Waals surface area contributed by atoms with Gasteiger partial charge >= 0.3 is 0 Å². The summed E-state index contributed by atoms with van der Waals surface area (Å²) in [4.78, 5) is 15.8. The average Bonchev–Trinajstić information content (AvgIpc) is 3.13. The van der Waals surface area contributed by atoms with E-state index in [4.69, 9.17) is 0 Å². The summed E-state index contributed by atoms with van der Waals surface area (Å²) >= 11 is 1.57. The van der Waals surface area contributed by atoms with Crippen LogP contribution in [0.5, 0.6) is 0 Å². The number of carbonyl (C=O) groups is 1. The van der Waals surface area contributed by atoms with E-state index in [-0.39, 0.29) is 12.5 Å². The van der Waals surface area contributed by atoms with E-state index in [2.05, 4.69) is 37.3 Å². The highest BCUT2D eigenvalue weighted by molar-refractivity contribution is 7.16. The quantitative estimate of drug-likeness (QED) is 0.828. The van der Waals surface area contributed by atoms with E-state index in [0.717, 1.165) is 42.6 Å². The molecule has 7 heteroatoms. The number of hydrogen-bond acceptors (Lipinski definition) is 5. The second-order valence-electron chi connectivity index (χ2n) is 7.46. The van der Waals surface area contributed by atoms with Crippen LogP contribution in [-0.2, 0) is 30.7 Å². The van der Waals surface area contributed by atoms with Crippen LogP contribution >= 0.6 is 11.3 Å². The molecule has 0 saturated carbocycles. The first-order chi connectivity index (χ1) is 12.9. The lowest BCUT2D eigenvalue weighted by atomic mass is 9.89. The SMILES string of the molecule is CCn1ncc(CN(C)CC(=O)Nc2sc3c(c2C#N)CCC(C)C3)c1C. The molecular weight excluding hydrogens is 358 g/mol. The summed E-state index contributed by atoms with van der Waals surface area (Å²) in [7, 11) is 1.93. The molecule has 6 nitrogen and oxygen atoms in total. The Kier molecular flexibility index (Phi) is 5.98. The number of aryl methyl sites for hydroxylation is 1. The van der Waals surface area contributed by atoms with Gasteiger partial charge in [-0.2, -0.15) is 10.4 Å². The van der Waals surface area contributed by atoms with Crippen molar-refractivity contribution < 1.29 is 4.79 Å². The first-order valence-electron chi connectivity index (χ1n) is 9.47. The molecule has 0 saturated heterocycles. The van der Waals surface area contributed by atoms with Crippen LogP contribution in [0.15, 0.2) is 6.20 Å². The maximum Gasteiger partial charge on any atom is 0.239 e. The maximum absolute atomic E-state index is 12.5. The fraction of sp³-hybridized carbons (Fsp3) is 0.550. The van der Waals surface area contributed by atoms with Gasteiger partial charge in [-0.3, -0.25) is 14.4 Å². The van der Waals surface area contributed by atoms with E-state index >= 15 is 0 Å². The molecule has 0 radical (unpaired) electrons. The van der Waals surface area contributed by atoms with Gasteiger partial charge in [-0.25, -0.2) is 0 Å². The van der Waals surface area contributed by atoms with Gasteiger partial charge in [0, 0.05) is 29.2 Å². The third-order valence-corrected chi connectivity index (χ3v) is 6.40. The smallest absolute Gasteiger partial charge is 0.239 e. The summed E-state index contributed by atoms with van der Waals surface area (Å²) in [6.07, 6.45) is 4.92. The molecule has 0 bridgehead atoms. The van der Waals surface area contributed by atoms with E-state index in [1.165, 1.54) is 4.88 Å². The van der Waals surface area contributed by atoms with Crippen LogP contribution in [0.3, 0.4) is 0 Å². The molecule has 1 unspecified atom stereocenters. The van der Waals surface area contributed by atoms with Crippen LogP contribution in [0.1, 0.15) is 47.5 Å². The van der Waals surface area contributed by atoms with Crippen LogP contribution in [0.4, 0.5) is 5.00 Å². The standard InChI is InChI=1S/C20H27N5OS/c1-5-25-14(3)15(10-22-25)11-24(4)12-19(26)23-20-17(9-21)16-7-6-13(2)8-18(16)27-20/h10,13H,5-8,11-12H2,1-4H3,(H,23,26). The topological polar surface area (TPSA) is 74.0 Å². The minimum Gasteiger partial charge on any atom is -0.315 e. The minimum absolute atomic E-state index is 0.0822. The number of nitrogens with zero attached hydrogens (tertiary/aromatic N) is 4. The number of amides is 1. The van der Waals surface area contributed by atoms with E-state index in [1.807, 2.05) is 22.8 Å². The second-order valence-corrected chi connectivity index (χ2v) is 8.56. The number of rotatable bonds is 6. The van der Waals surface area contributed by atoms with E-state index in [9.17, 15) is 10.1 Å². The van der Waals surface area contributed by atoms with Gasteiger partial charge in [0.05, 0.1) is 18.3 Å². The van der Waals surface area contributed by atoms with Crippen molar-refractivity contribution >= 4 is 22.2 Å². The van der Waals surface area contributed by atoms with Crippen LogP contribution in [0, 0.1) is 24.2 Å². The molecule has 0 spiro atoms. The number of aromatic nitrogens is 2. The molecule has 0 aromatic carbocycles. The number of thiophene rings is 1. The average molecular weight is 386 g/mol. The van der Waals surface area contributed by atoms with Gasteiger partial charge < -0.3 is 5.32 Å². The molecule has 1 N–H and O–H groups in total. The van der Waals surface area contributed by atoms with Crippen molar-refractivity contribution in [1.82, 2.24) is 14.7 Å². The van der Waals surface area contributed by atoms with Crippen LogP contribution in [0.25, 0.3) is 0 Å². The summed E-state index contributed by atoms with van der Waals surface area (Å²) in [6, 6.07) is 2.30. The van der Waals surface area contributed by atoms with Crippen molar-refractivity contribution in [2.45, 2.75) is 53.1 Å². The number of nitrogens with one attached hydrogen (secondary N) is 1. The molecule has 0 aliphatic heterocycles. The Morgan fingerprint density at radius 1 is 1.56 bits per heavy atom. The van der Waals surface area contributed by atoms with E-state index in [1.54, 1.807) is 11.3 Å². The van der Waals surface area contributed by atoms with Gasteiger partial charge in [-0.1, -0.05) is 6.92 Å². The van der Waals surface area contributed by atoms with Crippen molar-refractivity contribution in [2.24, 2.45) is 5.92 Å². The first kappa shape index (κ1) is 19.6. The zero-order valence-electron chi connectivity index (χ0n) is 16.5. The summed E-state index contributed by atoms with van der Waals surface area (Å²) in [5, 5.41) is 17.6. The van der Waals surface area contributed by atoms with E-state index < -0.39 is 0 Å². The van der Waals surface area contributed by atoms with Crippen LogP contribution in [-0.4, -0.2) is 34.2 Å². The molecule has 1 aliphatic carbocycles. The lowest BCUT2D eigenvalue weighted by Gasteiger charge is -2.17. The molecule has 144 valence electrons. The van der Waals surface area contributed by atoms with Crippen LogP contribution < -0.4 is 5.32 Å². The number of hydrogen-bond donors (Lipinski definition) is 1. The zero-order valence-corrected chi connectivity index (χ0v) is 17.3. The van der Waals surface area contributed by atoms with Gasteiger partial charge in [0.1, 0.15) is 11.1 Å². The summed E-state index contributed by atoms with van der Waals surface area (Å²) in [5.41, 5.74) is 4.08. The maximum atomic E-state index is 12.5. The Morgan fingerprint density at radius 3 is 3.00 bits per heavy atom. The fourth-order valence-electron chi connectivity index (χ4n) is 3.67. The predicted octanol–water partition coefficient (Wildman–Crippen LogP) is 3.34. The van der Waals surface area contributed by atoms with Crippen molar-refractivity contribution in [2.75, 3.05) is 18.9 Å². The molecule has 1 amide bonds. The normalized spacial score (nSPS) is 16.2. The van der Waals surface area contributed by atoms with Crippen molar-refractivity contribution in [3.05, 3.63) is 33.5 Å². The number of carbonyl (C=O) groups excluding carboxylic acids is 1. The Morgan fingerprint density at radius 2 is 2.33 bits per heavy atom. The Bertz CT molecular complexity index is 876. The van der Waals surface area contributed by atoms with Crippen molar-refractivity contribution in [1.29, 1.82) is 5.26 Å². The molecule has 27 heavy (non-hydrogen) atoms. The van der Waals surface area contributed by atoms with E-state index in [0.29, 0.717) is 23.0 Å². The summed E-state index contributed by atoms with van der Waals surface area (Å²) in [5.74, 6) is 0.561. The Hall–Kier alpha value is -2.17. The molecule has 2 aromatic heterocycles. The van der Waals surface area contributed by atoms with Crippen LogP contribution in [0.2, 0.25) is 0 Å². The Labute approximate surface area is 164 Å².